The Balaban J connectivity index is 1.50. The van der Waals surface area contributed by atoms with E-state index in [4.69, 9.17) is 11.6 Å². The Kier molecular flexibility index (Phi) is 6.56. The van der Waals surface area contributed by atoms with Crippen LogP contribution in [0.3, 0.4) is 0 Å². The van der Waals surface area contributed by atoms with Crippen LogP contribution in [0.1, 0.15) is 32.7 Å². The van der Waals surface area contributed by atoms with E-state index in [0.717, 1.165) is 12.0 Å². The lowest BCUT2D eigenvalue weighted by atomic mass is 10.1. The van der Waals surface area contributed by atoms with Crippen molar-refractivity contribution in [3.8, 4) is 0 Å². The molecular formula is C26H22ClN3O3. The molecule has 0 saturated heterocycles. The number of H-pyrrole nitrogens is 1. The van der Waals surface area contributed by atoms with Gasteiger partial charge in [0.1, 0.15) is 11.5 Å². The monoisotopic (exact) mass is 459 g/mol. The van der Waals surface area contributed by atoms with Crippen molar-refractivity contribution < 1.29 is 9.90 Å². The average Bonchev–Trinajstić information content (AvgIpc) is 2.79. The second kappa shape index (κ2) is 9.71. The van der Waals surface area contributed by atoms with E-state index in [0.29, 0.717) is 33.7 Å². The fourth-order valence-electron chi connectivity index (χ4n) is 3.46. The number of fused-ring (bicyclic) bond motifs is 1. The molecule has 0 unspecified atom stereocenters. The van der Waals surface area contributed by atoms with Crippen LogP contribution in [0.15, 0.2) is 71.5 Å². The molecule has 3 aromatic carbocycles. The molecule has 7 heteroatoms. The third kappa shape index (κ3) is 5.48. The van der Waals surface area contributed by atoms with Crippen molar-refractivity contribution in [2.45, 2.75) is 13.3 Å². The summed E-state index contributed by atoms with van der Waals surface area (Å²) in [5.74, 6) is -0.330. The molecule has 3 N–H and O–H groups in total. The predicted octanol–water partition coefficient (Wildman–Crippen LogP) is 4.91. The van der Waals surface area contributed by atoms with Crippen LogP contribution in [0.2, 0.25) is 5.02 Å². The summed E-state index contributed by atoms with van der Waals surface area (Å²) in [6.07, 6.45) is 2.03. The minimum atomic E-state index is -0.472. The Labute approximate surface area is 195 Å². The molecule has 1 heterocycles. The number of nitrogens with zero attached hydrogens (tertiary/aromatic N) is 1. The van der Waals surface area contributed by atoms with E-state index in [1.54, 1.807) is 42.5 Å². The average molecular weight is 460 g/mol. The predicted molar refractivity (Wildman–Crippen MR) is 132 cm³/mol. The number of hydrogen-bond acceptors (Lipinski definition) is 4. The molecule has 166 valence electrons. The van der Waals surface area contributed by atoms with Gasteiger partial charge in [-0.1, -0.05) is 41.4 Å². The number of aromatic nitrogens is 2. The van der Waals surface area contributed by atoms with Crippen LogP contribution in [0.5, 0.6) is 0 Å². The number of benzene rings is 3. The van der Waals surface area contributed by atoms with Crippen LogP contribution < -0.4 is 10.9 Å². The minimum absolute atomic E-state index is 0.0605. The maximum atomic E-state index is 12.5. The van der Waals surface area contributed by atoms with Gasteiger partial charge in [-0.15, -0.1) is 0 Å². The minimum Gasteiger partial charge on any atom is -0.507 e. The quantitative estimate of drug-likeness (QED) is 0.357. The van der Waals surface area contributed by atoms with Gasteiger partial charge in [-0.2, -0.15) is 0 Å². The van der Waals surface area contributed by atoms with Gasteiger partial charge in [0, 0.05) is 28.8 Å². The number of aryl methyl sites for hydroxylation is 1. The number of aliphatic hydroxyl groups excluding tert-OH is 1. The van der Waals surface area contributed by atoms with Gasteiger partial charge in [0.2, 0.25) is 0 Å². The molecule has 0 aliphatic heterocycles. The summed E-state index contributed by atoms with van der Waals surface area (Å²) >= 11 is 5.87. The molecule has 1 amide bonds. The molecule has 33 heavy (non-hydrogen) atoms. The van der Waals surface area contributed by atoms with Crippen LogP contribution in [0.25, 0.3) is 22.9 Å². The Bertz CT molecular complexity index is 1410. The number of aromatic amines is 1. The van der Waals surface area contributed by atoms with Crippen molar-refractivity contribution in [2.24, 2.45) is 0 Å². The normalized spacial score (nSPS) is 11.5. The summed E-state index contributed by atoms with van der Waals surface area (Å²) in [4.78, 5) is 32.1. The molecule has 1 aromatic heterocycles. The Hall–Kier alpha value is -3.90. The molecule has 0 bridgehead atoms. The highest BCUT2D eigenvalue weighted by atomic mass is 35.5. The first kappa shape index (κ1) is 22.3. The second-order valence-corrected chi connectivity index (χ2v) is 8.15. The van der Waals surface area contributed by atoms with Crippen molar-refractivity contribution in [1.82, 2.24) is 15.3 Å². The van der Waals surface area contributed by atoms with Crippen molar-refractivity contribution in [2.75, 3.05) is 6.54 Å². The maximum absolute atomic E-state index is 12.5. The van der Waals surface area contributed by atoms with Crippen LogP contribution >= 0.6 is 11.6 Å². The topological polar surface area (TPSA) is 95.1 Å². The van der Waals surface area contributed by atoms with E-state index in [1.165, 1.54) is 11.6 Å². The van der Waals surface area contributed by atoms with Gasteiger partial charge in [-0.3, -0.25) is 9.59 Å². The third-order valence-corrected chi connectivity index (χ3v) is 5.43. The van der Waals surface area contributed by atoms with Gasteiger partial charge in [-0.25, -0.2) is 4.98 Å². The number of halogens is 1. The zero-order valence-corrected chi connectivity index (χ0v) is 18.7. The van der Waals surface area contributed by atoms with Crippen LogP contribution in [-0.4, -0.2) is 27.5 Å². The van der Waals surface area contributed by atoms with E-state index in [1.807, 2.05) is 25.1 Å². The van der Waals surface area contributed by atoms with E-state index in [-0.39, 0.29) is 17.4 Å². The molecular weight excluding hydrogens is 438 g/mol. The smallest absolute Gasteiger partial charge is 0.274 e. The third-order valence-electron chi connectivity index (χ3n) is 5.18. The van der Waals surface area contributed by atoms with Gasteiger partial charge < -0.3 is 15.4 Å². The van der Waals surface area contributed by atoms with Crippen LogP contribution in [0, 0.1) is 6.92 Å². The number of hydrogen-bond donors (Lipinski definition) is 3. The maximum Gasteiger partial charge on any atom is 0.274 e. The second-order valence-electron chi connectivity index (χ2n) is 7.71. The number of aliphatic hydroxyl groups is 1. The van der Waals surface area contributed by atoms with Crippen molar-refractivity contribution >= 4 is 40.4 Å². The number of nitrogens with one attached hydrogen (secondary N) is 2. The molecule has 0 atom stereocenters. The Morgan fingerprint density at radius 3 is 2.61 bits per heavy atom. The van der Waals surface area contributed by atoms with E-state index < -0.39 is 5.56 Å². The molecule has 4 rings (SSSR count). The largest absolute Gasteiger partial charge is 0.507 e. The van der Waals surface area contributed by atoms with Gasteiger partial charge in [0.05, 0.1) is 11.0 Å². The number of carbonyl (C=O) groups is 1. The summed E-state index contributed by atoms with van der Waals surface area (Å²) in [6, 6.07) is 19.7. The number of amides is 1. The summed E-state index contributed by atoms with van der Waals surface area (Å²) in [7, 11) is 0. The molecule has 0 aliphatic rings. The first-order valence-electron chi connectivity index (χ1n) is 10.4. The molecule has 0 radical (unpaired) electrons. The highest BCUT2D eigenvalue weighted by Crippen LogP contribution is 2.18. The first-order chi connectivity index (χ1) is 15.9. The van der Waals surface area contributed by atoms with Gasteiger partial charge >= 0.3 is 0 Å². The summed E-state index contributed by atoms with van der Waals surface area (Å²) in [5.41, 5.74) is 3.81. The molecule has 0 spiro atoms. The SMILES string of the molecule is Cc1cccc(CCNC(=O)c2ccc3nc(C=C(O)c4ccc(Cl)cc4)c(=O)[nH]c3c2)c1. The molecule has 6 nitrogen and oxygen atoms in total. The van der Waals surface area contributed by atoms with Gasteiger partial charge in [0.15, 0.2) is 0 Å². The summed E-state index contributed by atoms with van der Waals surface area (Å²) in [6.45, 7) is 2.54. The van der Waals surface area contributed by atoms with Crippen LogP contribution in [-0.2, 0) is 6.42 Å². The Morgan fingerprint density at radius 2 is 1.85 bits per heavy atom. The zero-order valence-electron chi connectivity index (χ0n) is 17.9. The number of rotatable bonds is 6. The summed E-state index contributed by atoms with van der Waals surface area (Å²) < 4.78 is 0. The lowest BCUT2D eigenvalue weighted by molar-refractivity contribution is 0.0954. The standard InChI is InChI=1S/C26H22ClN3O3/c1-16-3-2-4-17(13-16)11-12-28-25(32)19-7-10-21-22(14-19)30-26(33)23(29-21)15-24(31)18-5-8-20(27)9-6-18/h2-10,13-15,31H,11-12H2,1H3,(H,28,32)(H,30,33). The lowest BCUT2D eigenvalue weighted by Gasteiger charge is -2.07. The fourth-order valence-corrected chi connectivity index (χ4v) is 3.59. The van der Waals surface area contributed by atoms with Crippen molar-refractivity contribution in [1.29, 1.82) is 0 Å². The summed E-state index contributed by atoms with van der Waals surface area (Å²) in [5, 5.41) is 13.8. The molecule has 4 aromatic rings. The number of carbonyl (C=O) groups excluding carboxylic acids is 1. The fraction of sp³-hybridized carbons (Fsp3) is 0.115. The Morgan fingerprint density at radius 1 is 1.09 bits per heavy atom. The van der Waals surface area contributed by atoms with E-state index in [9.17, 15) is 14.7 Å². The first-order valence-corrected chi connectivity index (χ1v) is 10.8. The molecule has 0 fully saturated rings. The van der Waals surface area contributed by atoms with Gasteiger partial charge in [0.25, 0.3) is 11.5 Å². The van der Waals surface area contributed by atoms with E-state index >= 15 is 0 Å². The molecule has 0 saturated carbocycles. The van der Waals surface area contributed by atoms with Crippen molar-refractivity contribution in [3.63, 3.8) is 0 Å². The highest BCUT2D eigenvalue weighted by Gasteiger charge is 2.10. The zero-order chi connectivity index (χ0) is 23.4. The van der Waals surface area contributed by atoms with E-state index in [2.05, 4.69) is 21.4 Å². The van der Waals surface area contributed by atoms with Crippen LogP contribution in [0.4, 0.5) is 0 Å². The van der Waals surface area contributed by atoms with Gasteiger partial charge in [-0.05, 0) is 61.4 Å². The van der Waals surface area contributed by atoms with Crippen molar-refractivity contribution in [3.05, 3.63) is 110 Å². The highest BCUT2D eigenvalue weighted by molar-refractivity contribution is 6.30. The lowest BCUT2D eigenvalue weighted by Crippen LogP contribution is -2.25. The molecule has 0 aliphatic carbocycles.